The van der Waals surface area contributed by atoms with Gasteiger partial charge in [-0.05, 0) is 50.1 Å². The monoisotopic (exact) mass is 448 g/mol. The zero-order valence-electron chi connectivity index (χ0n) is 18.0. The van der Waals surface area contributed by atoms with Crippen molar-refractivity contribution in [2.45, 2.75) is 62.8 Å². The maximum Gasteiger partial charge on any atom is 0.272 e. The third-order valence-corrected chi connectivity index (χ3v) is 6.85. The maximum absolute atomic E-state index is 15.0. The normalized spacial score (nSPS) is 27.6. The molecule has 1 saturated heterocycles. The number of nitrogens with zero attached hydrogens (tertiary/aromatic N) is 4. The van der Waals surface area contributed by atoms with Crippen molar-refractivity contribution >= 4 is 17.2 Å². The number of hydrogen-bond acceptors (Lipinski definition) is 5. The molecule has 1 amide bonds. The number of aryl methyl sites for hydroxylation is 1. The SMILES string of the molecule is Cn1ncc(C2=C[C@H](F)C3NN=C(C(=O)NC4CCC(F)(F)CC4)C3=C2)c1CN1CCC1. The molecule has 2 aliphatic carbocycles. The van der Waals surface area contributed by atoms with E-state index < -0.39 is 24.0 Å². The quantitative estimate of drug-likeness (QED) is 0.725. The molecule has 0 aromatic carbocycles. The molecule has 2 fully saturated rings. The molecule has 1 aromatic heterocycles. The van der Waals surface area contributed by atoms with Crippen molar-refractivity contribution in [2.24, 2.45) is 12.1 Å². The highest BCUT2D eigenvalue weighted by molar-refractivity contribution is 6.46. The Morgan fingerprint density at radius 1 is 1.31 bits per heavy atom. The van der Waals surface area contributed by atoms with Crippen molar-refractivity contribution in [1.29, 1.82) is 0 Å². The van der Waals surface area contributed by atoms with E-state index in [9.17, 15) is 13.6 Å². The minimum absolute atomic E-state index is 0.119. The van der Waals surface area contributed by atoms with Gasteiger partial charge in [-0.2, -0.15) is 10.2 Å². The van der Waals surface area contributed by atoms with Gasteiger partial charge < -0.3 is 5.32 Å². The van der Waals surface area contributed by atoms with E-state index in [1.54, 1.807) is 17.0 Å². The Morgan fingerprint density at radius 2 is 2.06 bits per heavy atom. The number of fused-ring (bicyclic) bond motifs is 1. The molecule has 10 heteroatoms. The van der Waals surface area contributed by atoms with Gasteiger partial charge in [0.2, 0.25) is 5.92 Å². The summed E-state index contributed by atoms with van der Waals surface area (Å²) in [6.45, 7) is 2.80. The molecule has 5 rings (SSSR count). The third kappa shape index (κ3) is 3.96. The topological polar surface area (TPSA) is 74.5 Å². The van der Waals surface area contributed by atoms with Crippen LogP contribution in [0.1, 0.15) is 43.4 Å². The number of nitrogens with one attached hydrogen (secondary N) is 2. The number of rotatable bonds is 5. The average molecular weight is 448 g/mol. The van der Waals surface area contributed by atoms with E-state index in [0.717, 1.165) is 30.9 Å². The summed E-state index contributed by atoms with van der Waals surface area (Å²) in [5.74, 6) is -3.12. The molecule has 2 aliphatic heterocycles. The number of hydrogen-bond donors (Lipinski definition) is 2. The fourth-order valence-corrected chi connectivity index (χ4v) is 4.73. The fraction of sp³-hybridized carbons (Fsp3) is 0.591. The summed E-state index contributed by atoms with van der Waals surface area (Å²) in [6.07, 6.45) is 4.83. The molecule has 7 nitrogen and oxygen atoms in total. The second-order valence-corrected chi connectivity index (χ2v) is 9.10. The molecule has 32 heavy (non-hydrogen) atoms. The molecule has 0 radical (unpaired) electrons. The molecular weight excluding hydrogens is 421 g/mol. The number of alkyl halides is 3. The summed E-state index contributed by atoms with van der Waals surface area (Å²) in [7, 11) is 1.87. The Hall–Kier alpha value is -2.62. The van der Waals surface area contributed by atoms with Gasteiger partial charge in [-0.25, -0.2) is 13.2 Å². The lowest BCUT2D eigenvalue weighted by atomic mass is 9.87. The Labute approximate surface area is 184 Å². The van der Waals surface area contributed by atoms with Gasteiger partial charge in [0, 0.05) is 43.6 Å². The largest absolute Gasteiger partial charge is 0.348 e. The smallest absolute Gasteiger partial charge is 0.272 e. The first kappa shape index (κ1) is 21.2. The van der Waals surface area contributed by atoms with E-state index in [0.29, 0.717) is 11.1 Å². The highest BCUT2D eigenvalue weighted by atomic mass is 19.3. The minimum Gasteiger partial charge on any atom is -0.348 e. The number of allylic oxidation sites excluding steroid dienone is 2. The first-order chi connectivity index (χ1) is 15.3. The van der Waals surface area contributed by atoms with Gasteiger partial charge in [0.25, 0.3) is 5.91 Å². The molecule has 4 aliphatic rings. The van der Waals surface area contributed by atoms with Crippen molar-refractivity contribution < 1.29 is 18.0 Å². The van der Waals surface area contributed by atoms with Crippen molar-refractivity contribution in [1.82, 2.24) is 25.4 Å². The first-order valence-corrected chi connectivity index (χ1v) is 11.1. The summed E-state index contributed by atoms with van der Waals surface area (Å²) in [6, 6.07) is -1.06. The lowest BCUT2D eigenvalue weighted by Gasteiger charge is -2.31. The zero-order valence-corrected chi connectivity index (χ0v) is 18.0. The van der Waals surface area contributed by atoms with E-state index in [1.807, 2.05) is 7.05 Å². The Bertz CT molecular complexity index is 999. The molecule has 1 saturated carbocycles. The van der Waals surface area contributed by atoms with Crippen LogP contribution in [-0.2, 0) is 18.4 Å². The number of hydrazone groups is 1. The van der Waals surface area contributed by atoms with Gasteiger partial charge in [-0.15, -0.1) is 0 Å². The average Bonchev–Trinajstić information content (AvgIpc) is 3.30. The Morgan fingerprint density at radius 3 is 2.75 bits per heavy atom. The van der Waals surface area contributed by atoms with Crippen LogP contribution in [0.4, 0.5) is 13.2 Å². The van der Waals surface area contributed by atoms with E-state index in [4.69, 9.17) is 0 Å². The van der Waals surface area contributed by atoms with Crippen molar-refractivity contribution in [3.63, 3.8) is 0 Å². The van der Waals surface area contributed by atoms with Crippen LogP contribution in [0, 0.1) is 0 Å². The highest BCUT2D eigenvalue weighted by Gasteiger charge is 2.40. The predicted molar refractivity (Wildman–Crippen MR) is 114 cm³/mol. The predicted octanol–water partition coefficient (Wildman–Crippen LogP) is 2.31. The summed E-state index contributed by atoms with van der Waals surface area (Å²) in [5, 5.41) is 11.3. The lowest BCUT2D eigenvalue weighted by molar-refractivity contribution is -0.116. The molecule has 0 spiro atoms. The Balaban J connectivity index is 1.35. The van der Waals surface area contributed by atoms with Crippen LogP contribution < -0.4 is 10.7 Å². The van der Waals surface area contributed by atoms with Crippen LogP contribution in [0.5, 0.6) is 0 Å². The highest BCUT2D eigenvalue weighted by Crippen LogP contribution is 2.34. The number of aromatic nitrogens is 2. The second-order valence-electron chi connectivity index (χ2n) is 9.10. The van der Waals surface area contributed by atoms with Crippen LogP contribution in [0.15, 0.2) is 29.0 Å². The van der Waals surface area contributed by atoms with Crippen molar-refractivity contribution in [2.75, 3.05) is 13.1 Å². The zero-order chi connectivity index (χ0) is 22.5. The lowest BCUT2D eigenvalue weighted by Crippen LogP contribution is -2.44. The van der Waals surface area contributed by atoms with E-state index in [1.165, 1.54) is 12.5 Å². The van der Waals surface area contributed by atoms with Crippen LogP contribution >= 0.6 is 0 Å². The van der Waals surface area contributed by atoms with Gasteiger partial charge in [0.05, 0.1) is 11.9 Å². The first-order valence-electron chi connectivity index (χ1n) is 11.1. The third-order valence-electron chi connectivity index (χ3n) is 6.85. The van der Waals surface area contributed by atoms with Gasteiger partial charge in [0.1, 0.15) is 12.2 Å². The van der Waals surface area contributed by atoms with Crippen molar-refractivity contribution in [3.05, 3.63) is 35.2 Å². The standard InChI is InChI=1S/C22H27F3N6O/c1-30-18(12-31-7-2-8-31)16(11-26-30)13-9-15-19(17(23)10-13)28-29-20(15)21(32)27-14-3-5-22(24,25)6-4-14/h9-11,14,17,19,28H,2-8,12H2,1H3,(H,27,32)/t17-,19?/m0/s1. The molecule has 172 valence electrons. The minimum atomic E-state index is -2.66. The van der Waals surface area contributed by atoms with Gasteiger partial charge in [0.15, 0.2) is 5.71 Å². The maximum atomic E-state index is 15.0. The van der Waals surface area contributed by atoms with Gasteiger partial charge >= 0.3 is 0 Å². The molecule has 0 bridgehead atoms. The molecule has 2 atom stereocenters. The van der Waals surface area contributed by atoms with E-state index in [-0.39, 0.29) is 37.4 Å². The molecule has 2 N–H and O–H groups in total. The number of halogens is 3. The van der Waals surface area contributed by atoms with Crippen LogP contribution in [-0.4, -0.2) is 63.6 Å². The Kier molecular flexibility index (Phi) is 5.35. The van der Waals surface area contributed by atoms with Gasteiger partial charge in [-0.3, -0.25) is 19.8 Å². The van der Waals surface area contributed by atoms with E-state index >= 15 is 4.39 Å². The summed E-state index contributed by atoms with van der Waals surface area (Å²) >= 11 is 0. The summed E-state index contributed by atoms with van der Waals surface area (Å²) in [5.41, 5.74) is 5.83. The number of carbonyl (C=O) groups is 1. The van der Waals surface area contributed by atoms with Crippen molar-refractivity contribution in [3.8, 4) is 0 Å². The summed E-state index contributed by atoms with van der Waals surface area (Å²) < 4.78 is 43.7. The van der Waals surface area contributed by atoms with Gasteiger partial charge in [-0.1, -0.05) is 0 Å². The molecular formula is C22H27F3N6O. The molecule has 1 unspecified atom stereocenters. The van der Waals surface area contributed by atoms with Crippen LogP contribution in [0.25, 0.3) is 5.57 Å². The second kappa shape index (κ2) is 8.06. The molecule has 1 aromatic rings. The number of likely N-dealkylation sites (tertiary alicyclic amines) is 1. The number of carbonyl (C=O) groups excluding carboxylic acids is 1. The summed E-state index contributed by atoms with van der Waals surface area (Å²) in [4.78, 5) is 15.2. The fourth-order valence-electron chi connectivity index (χ4n) is 4.73. The molecule has 3 heterocycles. The van der Waals surface area contributed by atoms with Crippen LogP contribution in [0.3, 0.4) is 0 Å². The van der Waals surface area contributed by atoms with E-state index in [2.05, 4.69) is 25.8 Å². The van der Waals surface area contributed by atoms with Crippen LogP contribution in [0.2, 0.25) is 0 Å². The number of amides is 1.